The number of rotatable bonds is 12. The van der Waals surface area contributed by atoms with Crippen LogP contribution in [0.2, 0.25) is 0 Å². The van der Waals surface area contributed by atoms with E-state index in [1.165, 1.54) is 14.0 Å². The zero-order valence-electron chi connectivity index (χ0n) is 22.7. The molecule has 0 aliphatic rings. The van der Waals surface area contributed by atoms with E-state index in [2.05, 4.69) is 15.6 Å². The Hall–Kier alpha value is -5.38. The highest BCUT2D eigenvalue weighted by atomic mass is 16.6. The monoisotopic (exact) mass is 553 g/mol. The van der Waals surface area contributed by atoms with E-state index in [-0.39, 0.29) is 24.6 Å². The summed E-state index contributed by atoms with van der Waals surface area (Å²) in [4.78, 5) is 30.7. The number of aromatic nitrogens is 1. The first-order valence-corrected chi connectivity index (χ1v) is 12.8. The summed E-state index contributed by atoms with van der Waals surface area (Å²) in [5.41, 5.74) is 6.42. The molecule has 0 aliphatic heterocycles. The summed E-state index contributed by atoms with van der Waals surface area (Å²) in [6, 6.07) is 26.2. The predicted octanol–water partition coefficient (Wildman–Crippen LogP) is 4.10. The molecule has 0 unspecified atom stereocenters. The third-order valence-corrected chi connectivity index (χ3v) is 6.10. The molecule has 3 aromatic carbocycles. The number of methoxy groups -OCH3 is 1. The number of nitrogens with two attached hydrogens (primary N) is 1. The highest BCUT2D eigenvalue weighted by Gasteiger charge is 2.45. The minimum Gasteiger partial charge on any atom is -0.493 e. The van der Waals surface area contributed by atoms with E-state index < -0.39 is 17.6 Å². The summed E-state index contributed by atoms with van der Waals surface area (Å²) in [5, 5.41) is 13.6. The molecule has 0 saturated heterocycles. The van der Waals surface area contributed by atoms with Crippen LogP contribution < -0.4 is 25.8 Å². The van der Waals surface area contributed by atoms with Gasteiger partial charge in [0.05, 0.1) is 12.8 Å². The van der Waals surface area contributed by atoms with Gasteiger partial charge in [0.15, 0.2) is 11.5 Å². The number of esters is 1. The Bertz CT molecular complexity index is 1500. The smallest absolute Gasteiger partial charge is 0.305 e. The van der Waals surface area contributed by atoms with Crippen LogP contribution in [0.25, 0.3) is 0 Å². The minimum atomic E-state index is -1.99. The van der Waals surface area contributed by atoms with Gasteiger partial charge in [0.25, 0.3) is 11.6 Å². The van der Waals surface area contributed by atoms with Gasteiger partial charge in [0, 0.05) is 36.5 Å². The van der Waals surface area contributed by atoms with E-state index in [9.17, 15) is 9.59 Å². The lowest BCUT2D eigenvalue weighted by Gasteiger charge is -2.34. The Morgan fingerprint density at radius 1 is 0.951 bits per heavy atom. The lowest BCUT2D eigenvalue weighted by atomic mass is 9.99. The highest BCUT2D eigenvalue weighted by Crippen LogP contribution is 2.36. The van der Waals surface area contributed by atoms with Gasteiger partial charge < -0.3 is 30.6 Å². The quantitative estimate of drug-likeness (QED) is 0.0887. The number of ether oxygens (including phenoxy) is 3. The average Bonchev–Trinajstić information content (AvgIpc) is 2.99. The average molecular weight is 554 g/mol. The van der Waals surface area contributed by atoms with Crippen molar-refractivity contribution >= 4 is 23.4 Å². The molecule has 210 valence electrons. The zero-order chi connectivity index (χ0) is 29.2. The molecule has 5 N–H and O–H groups in total. The van der Waals surface area contributed by atoms with Gasteiger partial charge >= 0.3 is 5.97 Å². The molecule has 0 radical (unpaired) electrons. The Morgan fingerprint density at radius 3 is 2.32 bits per heavy atom. The van der Waals surface area contributed by atoms with Crippen LogP contribution >= 0.6 is 0 Å². The predicted molar refractivity (Wildman–Crippen MR) is 154 cm³/mol. The summed E-state index contributed by atoms with van der Waals surface area (Å²) in [7, 11) is 1.48. The fraction of sp³-hybridized carbons (Fsp3) is 0.161. The normalized spacial score (nSPS) is 12.0. The number of nitrogens with zero attached hydrogens (tertiary/aromatic N) is 1. The third-order valence-electron chi connectivity index (χ3n) is 6.10. The van der Waals surface area contributed by atoms with Crippen molar-refractivity contribution in [3.05, 3.63) is 120 Å². The van der Waals surface area contributed by atoms with Gasteiger partial charge in [-0.2, -0.15) is 0 Å². The molecular weight excluding hydrogens is 522 g/mol. The van der Waals surface area contributed by atoms with Gasteiger partial charge in [0.1, 0.15) is 12.4 Å². The van der Waals surface area contributed by atoms with E-state index in [1.807, 2.05) is 48.5 Å². The number of hydrogen-bond donors (Lipinski definition) is 4. The second kappa shape index (κ2) is 13.1. The van der Waals surface area contributed by atoms with Gasteiger partial charge in [-0.05, 0) is 60.2 Å². The van der Waals surface area contributed by atoms with Gasteiger partial charge in [0.2, 0.25) is 0 Å². The highest BCUT2D eigenvalue weighted by molar-refractivity contribution is 5.95. The van der Waals surface area contributed by atoms with Crippen molar-refractivity contribution in [3.8, 4) is 11.5 Å². The van der Waals surface area contributed by atoms with Crippen LogP contribution in [-0.4, -0.2) is 29.8 Å². The van der Waals surface area contributed by atoms with Crippen molar-refractivity contribution in [2.24, 2.45) is 5.73 Å². The van der Waals surface area contributed by atoms with E-state index in [1.54, 1.807) is 48.7 Å². The summed E-state index contributed by atoms with van der Waals surface area (Å²) in [6.07, 6.45) is 1.68. The lowest BCUT2D eigenvalue weighted by Crippen LogP contribution is -2.52. The van der Waals surface area contributed by atoms with Crippen LogP contribution in [-0.2, 0) is 33.2 Å². The number of pyridine rings is 1. The number of amidine groups is 1. The van der Waals surface area contributed by atoms with Gasteiger partial charge in [-0.1, -0.05) is 36.4 Å². The van der Waals surface area contributed by atoms with Crippen molar-refractivity contribution in [2.45, 2.75) is 25.8 Å². The number of benzene rings is 3. The van der Waals surface area contributed by atoms with Crippen molar-refractivity contribution in [3.63, 3.8) is 0 Å². The summed E-state index contributed by atoms with van der Waals surface area (Å²) in [6.45, 7) is 1.61. The van der Waals surface area contributed by atoms with Gasteiger partial charge in [-0.25, -0.2) is 0 Å². The van der Waals surface area contributed by atoms with Crippen LogP contribution in [0.5, 0.6) is 11.5 Å². The van der Waals surface area contributed by atoms with Gasteiger partial charge in [-0.15, -0.1) is 0 Å². The van der Waals surface area contributed by atoms with E-state index in [0.29, 0.717) is 22.7 Å². The molecule has 0 aliphatic carbocycles. The Labute approximate surface area is 238 Å². The maximum atomic E-state index is 14.0. The van der Waals surface area contributed by atoms with Crippen LogP contribution in [0.1, 0.15) is 29.3 Å². The number of anilines is 1. The molecule has 10 heteroatoms. The molecule has 4 aromatic rings. The van der Waals surface area contributed by atoms with Crippen molar-refractivity contribution in [1.82, 2.24) is 10.3 Å². The largest absolute Gasteiger partial charge is 0.493 e. The molecule has 0 saturated carbocycles. The Kier molecular flexibility index (Phi) is 9.16. The third kappa shape index (κ3) is 7.18. The van der Waals surface area contributed by atoms with E-state index >= 15 is 0 Å². The van der Waals surface area contributed by atoms with Crippen LogP contribution in [0.3, 0.4) is 0 Å². The molecule has 41 heavy (non-hydrogen) atoms. The fourth-order valence-corrected chi connectivity index (χ4v) is 4.09. The standard InChI is InChI=1S/C31H31N5O5/c1-21(37)41-31(30(38)35-19-22-8-4-3-5-9-22,36-25-14-11-23(12-15-25)29(32)33)24-13-16-27(28(18-24)39-2)40-20-26-10-6-7-17-34-26/h3-18,36H,19-20H2,1-2H3,(H3,32,33)(H,35,38)/t31-/m0/s1. The molecule has 1 amide bonds. The summed E-state index contributed by atoms with van der Waals surface area (Å²) < 4.78 is 17.3. The van der Waals surface area contributed by atoms with Crippen LogP contribution in [0, 0.1) is 5.41 Å². The SMILES string of the molecule is COc1cc([C@](Nc2ccc(C(=N)N)cc2)(OC(C)=O)C(=O)NCc2ccccc2)ccc1OCc1ccccn1. The topological polar surface area (TPSA) is 149 Å². The zero-order valence-corrected chi connectivity index (χ0v) is 22.7. The molecule has 0 bridgehead atoms. The number of hydrogen-bond acceptors (Lipinski definition) is 8. The molecule has 0 fully saturated rings. The summed E-state index contributed by atoms with van der Waals surface area (Å²) in [5.74, 6) is -0.679. The van der Waals surface area contributed by atoms with E-state index in [4.69, 9.17) is 25.4 Å². The molecule has 1 heterocycles. The van der Waals surface area contributed by atoms with E-state index in [0.717, 1.165) is 11.3 Å². The Morgan fingerprint density at radius 2 is 1.68 bits per heavy atom. The first-order chi connectivity index (χ1) is 19.8. The minimum absolute atomic E-state index is 0.102. The molecule has 1 aromatic heterocycles. The number of nitrogens with one attached hydrogen (secondary N) is 3. The number of carbonyl (C=O) groups excluding carboxylic acids is 2. The molecule has 4 rings (SSSR count). The fourth-order valence-electron chi connectivity index (χ4n) is 4.09. The second-order valence-corrected chi connectivity index (χ2v) is 9.03. The lowest BCUT2D eigenvalue weighted by molar-refractivity contribution is -0.165. The van der Waals surface area contributed by atoms with Crippen molar-refractivity contribution in [1.29, 1.82) is 5.41 Å². The molecular formula is C31H31N5O5. The first kappa shape index (κ1) is 28.6. The molecule has 1 atom stereocenters. The first-order valence-electron chi connectivity index (χ1n) is 12.8. The molecule has 0 spiro atoms. The van der Waals surface area contributed by atoms with Crippen molar-refractivity contribution < 1.29 is 23.8 Å². The van der Waals surface area contributed by atoms with Crippen LogP contribution in [0.15, 0.2) is 97.2 Å². The second-order valence-electron chi connectivity index (χ2n) is 9.03. The maximum absolute atomic E-state index is 14.0. The van der Waals surface area contributed by atoms with Crippen molar-refractivity contribution in [2.75, 3.05) is 12.4 Å². The number of amides is 1. The maximum Gasteiger partial charge on any atom is 0.305 e. The van der Waals surface area contributed by atoms with Gasteiger partial charge in [-0.3, -0.25) is 20.0 Å². The molecule has 10 nitrogen and oxygen atoms in total. The number of nitrogen functional groups attached to an aromatic ring is 1. The summed E-state index contributed by atoms with van der Waals surface area (Å²) >= 11 is 0. The number of carbonyl (C=O) groups is 2. The Balaban J connectivity index is 1.73. The van der Waals surface area contributed by atoms with Crippen LogP contribution in [0.4, 0.5) is 5.69 Å².